The smallest absolute Gasteiger partial charge is 0.129 e. The molecule has 3 unspecified atom stereocenters. The van der Waals surface area contributed by atoms with Crippen molar-refractivity contribution in [2.45, 2.75) is 51.0 Å². The third kappa shape index (κ3) is 6.24. The van der Waals surface area contributed by atoms with Gasteiger partial charge in [-0.2, -0.15) is 0 Å². The number of rotatable bonds is 9. The van der Waals surface area contributed by atoms with E-state index in [9.17, 15) is 9.50 Å². The monoisotopic (exact) mass is 436 g/mol. The molecule has 0 saturated carbocycles. The maximum absolute atomic E-state index is 14.6. The molecule has 5 heteroatoms. The van der Waals surface area contributed by atoms with Gasteiger partial charge in [-0.3, -0.25) is 0 Å². The summed E-state index contributed by atoms with van der Waals surface area (Å²) in [4.78, 5) is 0. The van der Waals surface area contributed by atoms with Crippen LogP contribution >= 0.6 is 0 Å². The van der Waals surface area contributed by atoms with Gasteiger partial charge < -0.3 is 19.3 Å². The summed E-state index contributed by atoms with van der Waals surface area (Å²) in [5.74, 6) is -0.333. The minimum atomic E-state index is -0.457. The number of halogens is 1. The highest BCUT2D eigenvalue weighted by atomic mass is 19.1. The van der Waals surface area contributed by atoms with Gasteiger partial charge in [0, 0.05) is 18.4 Å². The predicted molar refractivity (Wildman–Crippen MR) is 120 cm³/mol. The van der Waals surface area contributed by atoms with E-state index in [1.165, 1.54) is 6.07 Å². The minimum absolute atomic E-state index is 0.0866. The zero-order chi connectivity index (χ0) is 22.2. The maximum atomic E-state index is 14.6. The quantitative estimate of drug-likeness (QED) is 0.492. The van der Waals surface area contributed by atoms with Crippen molar-refractivity contribution in [1.29, 1.82) is 0 Å². The van der Waals surface area contributed by atoms with Gasteiger partial charge in [0.25, 0.3) is 0 Å². The number of ether oxygens (including phenoxy) is 3. The van der Waals surface area contributed by atoms with Gasteiger partial charge in [0.15, 0.2) is 0 Å². The van der Waals surface area contributed by atoms with E-state index >= 15 is 0 Å². The van der Waals surface area contributed by atoms with Crippen molar-refractivity contribution >= 4 is 0 Å². The molecule has 0 amide bonds. The van der Waals surface area contributed by atoms with E-state index < -0.39 is 6.10 Å². The highest BCUT2D eigenvalue weighted by Crippen LogP contribution is 2.35. The Labute approximate surface area is 188 Å². The Morgan fingerprint density at radius 2 is 1.53 bits per heavy atom. The largest absolute Gasteiger partial charge is 0.392 e. The predicted octanol–water partition coefficient (Wildman–Crippen LogP) is 5.34. The first-order valence-corrected chi connectivity index (χ1v) is 11.0. The second-order valence-electron chi connectivity index (χ2n) is 8.15. The molecule has 1 N–H and O–H groups in total. The lowest BCUT2D eigenvalue weighted by atomic mass is 9.94. The summed E-state index contributed by atoms with van der Waals surface area (Å²) in [6.45, 7) is 1.25. The van der Waals surface area contributed by atoms with Crippen LogP contribution < -0.4 is 0 Å². The van der Waals surface area contributed by atoms with E-state index in [1.807, 2.05) is 60.7 Å². The van der Waals surface area contributed by atoms with Gasteiger partial charge in [-0.25, -0.2) is 4.39 Å². The number of aliphatic hydroxyl groups excluding tert-OH is 1. The highest BCUT2D eigenvalue weighted by molar-refractivity contribution is 5.27. The van der Waals surface area contributed by atoms with Gasteiger partial charge in [0.2, 0.25) is 0 Å². The van der Waals surface area contributed by atoms with E-state index in [0.29, 0.717) is 43.8 Å². The summed E-state index contributed by atoms with van der Waals surface area (Å²) in [5, 5.41) is 9.48. The van der Waals surface area contributed by atoms with Crippen LogP contribution in [0.2, 0.25) is 0 Å². The summed E-state index contributed by atoms with van der Waals surface area (Å²) in [5.41, 5.74) is 3.31. The summed E-state index contributed by atoms with van der Waals surface area (Å²) in [6.07, 6.45) is 0.473. The van der Waals surface area contributed by atoms with Gasteiger partial charge >= 0.3 is 0 Å². The SMILES string of the molecule is OCc1ccc(F)c(C2CC(OCc3ccccc3)CC(COCc3ccccc3)O2)c1. The fourth-order valence-corrected chi connectivity index (χ4v) is 4.02. The molecule has 0 spiro atoms. The molecule has 1 fully saturated rings. The van der Waals surface area contributed by atoms with Crippen molar-refractivity contribution in [3.8, 4) is 0 Å². The Morgan fingerprint density at radius 1 is 0.844 bits per heavy atom. The molecular weight excluding hydrogens is 407 g/mol. The van der Waals surface area contributed by atoms with E-state index in [-0.39, 0.29) is 24.6 Å². The molecule has 4 rings (SSSR count). The lowest BCUT2D eigenvalue weighted by Gasteiger charge is -2.36. The summed E-state index contributed by atoms with van der Waals surface area (Å²) < 4.78 is 33.0. The van der Waals surface area contributed by atoms with Crippen molar-refractivity contribution in [3.05, 3.63) is 107 Å². The van der Waals surface area contributed by atoms with Crippen molar-refractivity contribution in [2.24, 2.45) is 0 Å². The number of hydrogen-bond acceptors (Lipinski definition) is 4. The first kappa shape index (κ1) is 22.6. The van der Waals surface area contributed by atoms with Crippen LogP contribution in [0.1, 0.15) is 41.2 Å². The Hall–Kier alpha value is -2.57. The standard InChI is InChI=1S/C27H29FO4/c28-26-12-11-22(16-29)13-25(26)27-15-23(31-18-21-9-5-2-6-10-21)14-24(32-27)19-30-17-20-7-3-1-4-8-20/h1-13,23-24,27,29H,14-19H2. The van der Waals surface area contributed by atoms with Gasteiger partial charge in [-0.05, 0) is 28.8 Å². The first-order chi connectivity index (χ1) is 15.7. The first-order valence-electron chi connectivity index (χ1n) is 11.0. The Balaban J connectivity index is 1.44. The Kier molecular flexibility index (Phi) is 8.02. The third-order valence-corrected chi connectivity index (χ3v) is 5.69. The zero-order valence-corrected chi connectivity index (χ0v) is 18.0. The molecule has 3 aromatic rings. The van der Waals surface area contributed by atoms with Crippen LogP contribution in [0.15, 0.2) is 78.9 Å². The Bertz CT molecular complexity index is 964. The average molecular weight is 437 g/mol. The molecule has 0 radical (unpaired) electrons. The topological polar surface area (TPSA) is 47.9 Å². The second-order valence-corrected chi connectivity index (χ2v) is 8.15. The molecule has 32 heavy (non-hydrogen) atoms. The van der Waals surface area contributed by atoms with Gasteiger partial charge in [-0.15, -0.1) is 0 Å². The molecule has 168 valence electrons. The van der Waals surface area contributed by atoms with E-state index in [2.05, 4.69) is 0 Å². The fraction of sp³-hybridized carbons (Fsp3) is 0.333. The highest BCUT2D eigenvalue weighted by Gasteiger charge is 2.32. The van der Waals surface area contributed by atoms with Gasteiger partial charge in [0.1, 0.15) is 5.82 Å². The molecule has 4 nitrogen and oxygen atoms in total. The lowest BCUT2D eigenvalue weighted by Crippen LogP contribution is -2.36. The molecule has 0 aromatic heterocycles. The van der Waals surface area contributed by atoms with Crippen LogP contribution in [0, 0.1) is 5.82 Å². The van der Waals surface area contributed by atoms with E-state index in [1.54, 1.807) is 12.1 Å². The molecule has 1 aliphatic heterocycles. The third-order valence-electron chi connectivity index (χ3n) is 5.69. The van der Waals surface area contributed by atoms with Crippen LogP contribution in [0.5, 0.6) is 0 Å². The summed E-state index contributed by atoms with van der Waals surface area (Å²) >= 11 is 0. The van der Waals surface area contributed by atoms with Crippen LogP contribution in [-0.2, 0) is 34.0 Å². The van der Waals surface area contributed by atoms with Crippen LogP contribution in [0.25, 0.3) is 0 Å². The average Bonchev–Trinajstić information content (AvgIpc) is 2.84. The van der Waals surface area contributed by atoms with Crippen molar-refractivity contribution in [1.82, 2.24) is 0 Å². The van der Waals surface area contributed by atoms with E-state index in [4.69, 9.17) is 14.2 Å². The maximum Gasteiger partial charge on any atom is 0.129 e. The van der Waals surface area contributed by atoms with Gasteiger partial charge in [-0.1, -0.05) is 66.7 Å². The Morgan fingerprint density at radius 3 is 2.22 bits per heavy atom. The van der Waals surface area contributed by atoms with Crippen molar-refractivity contribution in [3.63, 3.8) is 0 Å². The molecule has 1 aliphatic rings. The molecule has 1 heterocycles. The molecule has 0 bridgehead atoms. The van der Waals surface area contributed by atoms with Crippen LogP contribution in [0.3, 0.4) is 0 Å². The van der Waals surface area contributed by atoms with Crippen molar-refractivity contribution < 1.29 is 23.7 Å². The van der Waals surface area contributed by atoms with Crippen LogP contribution in [0.4, 0.5) is 4.39 Å². The molecule has 0 aliphatic carbocycles. The van der Waals surface area contributed by atoms with E-state index in [0.717, 1.165) is 11.1 Å². The van der Waals surface area contributed by atoms with Crippen LogP contribution in [-0.4, -0.2) is 23.9 Å². The summed E-state index contributed by atoms with van der Waals surface area (Å²) in [7, 11) is 0. The molecule has 3 aromatic carbocycles. The number of benzene rings is 3. The minimum Gasteiger partial charge on any atom is -0.392 e. The molecule has 1 saturated heterocycles. The summed E-state index contributed by atoms with van der Waals surface area (Å²) in [6, 6.07) is 24.6. The normalized spacial score (nSPS) is 20.9. The second kappa shape index (κ2) is 11.3. The molecular formula is C27H29FO4. The lowest BCUT2D eigenvalue weighted by molar-refractivity contribution is -0.142. The zero-order valence-electron chi connectivity index (χ0n) is 18.0. The number of aliphatic hydroxyl groups is 1. The van der Waals surface area contributed by atoms with Crippen molar-refractivity contribution in [2.75, 3.05) is 6.61 Å². The molecule has 3 atom stereocenters. The fourth-order valence-electron chi connectivity index (χ4n) is 4.02. The van der Waals surface area contributed by atoms with Gasteiger partial charge in [0.05, 0.1) is 44.7 Å². The number of hydrogen-bond donors (Lipinski definition) is 1.